The van der Waals surface area contributed by atoms with E-state index in [9.17, 15) is 30.3 Å². The third-order valence-corrected chi connectivity index (χ3v) is 15.3. The predicted molar refractivity (Wildman–Crippen MR) is 368 cm³/mol. The summed E-state index contributed by atoms with van der Waals surface area (Å²) >= 11 is 0. The molecule has 1 aliphatic heterocycles. The number of aliphatic hydroxyl groups is 5. The molecule has 1 rings (SSSR count). The van der Waals surface area contributed by atoms with E-state index >= 15 is 0 Å². The Balaban J connectivity index is 2.19. The zero-order chi connectivity index (χ0) is 62.1. The second kappa shape index (κ2) is 63.8. The molecule has 1 amide bonds. The number of hydrogen-bond donors (Lipinski definition) is 6. The van der Waals surface area contributed by atoms with Gasteiger partial charge in [0.2, 0.25) is 5.91 Å². The molecule has 0 spiro atoms. The number of nitrogens with one attached hydrogen (secondary N) is 1. The van der Waals surface area contributed by atoms with Crippen molar-refractivity contribution in [2.24, 2.45) is 0 Å². The molecule has 1 fully saturated rings. The van der Waals surface area contributed by atoms with E-state index in [2.05, 4.69) is 165 Å². The third kappa shape index (κ3) is 51.8. The predicted octanol–water partition coefficient (Wildman–Crippen LogP) is 19.1. The van der Waals surface area contributed by atoms with Gasteiger partial charge in [-0.25, -0.2) is 0 Å². The highest BCUT2D eigenvalue weighted by molar-refractivity contribution is 5.76. The van der Waals surface area contributed by atoms with Crippen molar-refractivity contribution in [1.29, 1.82) is 0 Å². The quantitative estimate of drug-likeness (QED) is 0.0261. The van der Waals surface area contributed by atoms with Gasteiger partial charge >= 0.3 is 0 Å². The Bertz CT molecular complexity index is 1920. The first-order chi connectivity index (χ1) is 42.3. The highest BCUT2D eigenvalue weighted by atomic mass is 16.7. The number of aliphatic hydroxyl groups excluding tert-OH is 5. The van der Waals surface area contributed by atoms with E-state index in [1.807, 2.05) is 6.08 Å². The summed E-state index contributed by atoms with van der Waals surface area (Å²) in [5.74, 6) is -0.203. The Morgan fingerprint density at radius 1 is 0.407 bits per heavy atom. The van der Waals surface area contributed by atoms with Gasteiger partial charge in [0.15, 0.2) is 6.29 Å². The molecule has 0 aliphatic carbocycles. The molecule has 0 bridgehead atoms. The SMILES string of the molecule is CC/C=C\C/C=C\C/C=C\C/C=C\C/C=C\C/C=C\C/C=C\C/C=C\C/C=C\C/C=C\C/C=C\CCCCCCCCCC(=O)NC(COC1OC(CO)C(O)C(O)C1O)C(O)/C=C/CC/C=C/CCCCCCCCCCCCCCCCCC. The van der Waals surface area contributed by atoms with Gasteiger partial charge in [-0.05, 0) is 116 Å². The van der Waals surface area contributed by atoms with E-state index in [4.69, 9.17) is 9.47 Å². The molecule has 488 valence electrons. The Morgan fingerprint density at radius 2 is 0.733 bits per heavy atom. The number of allylic oxidation sites excluding steroid dienone is 25. The number of rotatable bonds is 58. The van der Waals surface area contributed by atoms with E-state index in [1.165, 1.54) is 122 Å². The van der Waals surface area contributed by atoms with Gasteiger partial charge in [-0.3, -0.25) is 4.79 Å². The van der Waals surface area contributed by atoms with E-state index in [-0.39, 0.29) is 12.5 Å². The topological polar surface area (TPSA) is 149 Å². The van der Waals surface area contributed by atoms with Gasteiger partial charge in [0.1, 0.15) is 24.4 Å². The van der Waals surface area contributed by atoms with Crippen molar-refractivity contribution in [2.45, 2.75) is 307 Å². The molecular weight excluding hydrogens is 1070 g/mol. The van der Waals surface area contributed by atoms with Crippen LogP contribution >= 0.6 is 0 Å². The van der Waals surface area contributed by atoms with Crippen molar-refractivity contribution >= 4 is 5.91 Å². The van der Waals surface area contributed by atoms with Gasteiger partial charge in [0.25, 0.3) is 0 Å². The van der Waals surface area contributed by atoms with Crippen LogP contribution in [0.4, 0.5) is 0 Å². The average Bonchev–Trinajstić information content (AvgIpc) is 2.36. The normalized spacial score (nSPS) is 19.1. The molecule has 86 heavy (non-hydrogen) atoms. The standard InChI is InChI=1S/C77H127NO8/c1-3-5-7-9-11-13-15-17-19-21-23-25-27-28-29-30-31-32-33-34-35-36-37-38-39-40-41-42-43-44-45-47-49-51-53-55-57-59-61-63-65-67-73(81)78-70(69-85-77-76(84)75(83)74(82)72(68-79)86-77)71(80)66-64-62-60-58-56-54-52-50-48-46-26-24-22-20-18-16-14-12-10-8-6-4-2/h5,7,11,13,17,19,23,25,28-29,31-32,34-35,37-38,40-41,43-44,47,49,56,58,64,66,70-72,74-77,79-80,82-84H,3-4,6,8-10,12,14-16,18,20-22,24,26-27,30,33,36,39,42,45-46,48,50-55,57,59-63,65,67-69H2,1-2H3,(H,78,81)/b7-5-,13-11-,19-17-,25-23-,29-28-,32-31-,35-34-,38-37-,41-40-,44-43-,49-47-,58-56+,66-64+. The van der Waals surface area contributed by atoms with E-state index < -0.39 is 49.5 Å². The zero-order valence-electron chi connectivity index (χ0n) is 54.5. The van der Waals surface area contributed by atoms with Gasteiger partial charge < -0.3 is 40.3 Å². The van der Waals surface area contributed by atoms with Crippen LogP contribution in [0.15, 0.2) is 158 Å². The molecule has 0 saturated carbocycles. The minimum absolute atomic E-state index is 0.203. The summed E-state index contributed by atoms with van der Waals surface area (Å²) in [6, 6.07) is -0.841. The van der Waals surface area contributed by atoms with Crippen LogP contribution in [0.5, 0.6) is 0 Å². The number of ether oxygens (including phenoxy) is 2. The lowest BCUT2D eigenvalue weighted by Crippen LogP contribution is -2.60. The van der Waals surface area contributed by atoms with Crippen LogP contribution < -0.4 is 5.32 Å². The van der Waals surface area contributed by atoms with Gasteiger partial charge in [-0.15, -0.1) is 0 Å². The summed E-state index contributed by atoms with van der Waals surface area (Å²) in [6.07, 6.45) is 93.3. The zero-order valence-corrected chi connectivity index (χ0v) is 54.5. The van der Waals surface area contributed by atoms with Crippen LogP contribution in [-0.2, 0) is 14.3 Å². The summed E-state index contributed by atoms with van der Waals surface area (Å²) in [6.45, 7) is 3.65. The molecular formula is C77H127NO8. The largest absolute Gasteiger partial charge is 0.394 e. The van der Waals surface area contributed by atoms with Crippen LogP contribution in [0.2, 0.25) is 0 Å². The minimum atomic E-state index is -1.58. The lowest BCUT2D eigenvalue weighted by molar-refractivity contribution is -0.302. The first-order valence-corrected chi connectivity index (χ1v) is 34.7. The van der Waals surface area contributed by atoms with Crippen molar-refractivity contribution in [3.8, 4) is 0 Å². The van der Waals surface area contributed by atoms with Crippen molar-refractivity contribution < 1.29 is 39.8 Å². The molecule has 7 unspecified atom stereocenters. The average molecular weight is 1190 g/mol. The maximum absolute atomic E-state index is 13.1. The fourth-order valence-electron chi connectivity index (χ4n) is 9.94. The molecule has 1 aliphatic rings. The summed E-state index contributed by atoms with van der Waals surface area (Å²) in [5.41, 5.74) is 0. The summed E-state index contributed by atoms with van der Waals surface area (Å²) in [7, 11) is 0. The summed E-state index contributed by atoms with van der Waals surface area (Å²) < 4.78 is 11.3. The highest BCUT2D eigenvalue weighted by Gasteiger charge is 2.44. The molecule has 9 nitrogen and oxygen atoms in total. The van der Waals surface area contributed by atoms with Crippen LogP contribution in [0.1, 0.15) is 264 Å². The number of carbonyl (C=O) groups excluding carboxylic acids is 1. The van der Waals surface area contributed by atoms with Gasteiger partial charge in [-0.2, -0.15) is 0 Å². The monoisotopic (exact) mass is 1190 g/mol. The van der Waals surface area contributed by atoms with Gasteiger partial charge in [0.05, 0.1) is 25.4 Å². The number of amides is 1. The molecule has 7 atom stereocenters. The molecule has 6 N–H and O–H groups in total. The molecule has 0 aromatic carbocycles. The van der Waals surface area contributed by atoms with Gasteiger partial charge in [0, 0.05) is 6.42 Å². The maximum Gasteiger partial charge on any atom is 0.220 e. The third-order valence-electron chi connectivity index (χ3n) is 15.3. The fourth-order valence-corrected chi connectivity index (χ4v) is 9.94. The maximum atomic E-state index is 13.1. The Morgan fingerprint density at radius 3 is 1.12 bits per heavy atom. The van der Waals surface area contributed by atoms with Crippen molar-refractivity contribution in [3.63, 3.8) is 0 Å². The van der Waals surface area contributed by atoms with Crippen LogP contribution in [-0.4, -0.2) is 87.5 Å². The van der Waals surface area contributed by atoms with Crippen molar-refractivity contribution in [1.82, 2.24) is 5.32 Å². The van der Waals surface area contributed by atoms with E-state index in [0.717, 1.165) is 122 Å². The molecule has 0 aromatic heterocycles. The lowest BCUT2D eigenvalue weighted by Gasteiger charge is -2.40. The first-order valence-electron chi connectivity index (χ1n) is 34.7. The second-order valence-corrected chi connectivity index (χ2v) is 23.2. The van der Waals surface area contributed by atoms with E-state index in [0.29, 0.717) is 6.42 Å². The number of carbonyl (C=O) groups is 1. The van der Waals surface area contributed by atoms with E-state index in [1.54, 1.807) is 6.08 Å². The molecule has 0 aromatic rings. The first kappa shape index (κ1) is 79.8. The number of unbranched alkanes of at least 4 members (excludes halogenated alkanes) is 24. The highest BCUT2D eigenvalue weighted by Crippen LogP contribution is 2.23. The summed E-state index contributed by atoms with van der Waals surface area (Å²) in [5, 5.41) is 54.7. The Kier molecular flexibility index (Phi) is 59.2. The number of hydrogen-bond acceptors (Lipinski definition) is 8. The molecule has 1 heterocycles. The second-order valence-electron chi connectivity index (χ2n) is 23.2. The van der Waals surface area contributed by atoms with Crippen LogP contribution in [0.25, 0.3) is 0 Å². The minimum Gasteiger partial charge on any atom is -0.394 e. The van der Waals surface area contributed by atoms with Crippen molar-refractivity contribution in [2.75, 3.05) is 13.2 Å². The van der Waals surface area contributed by atoms with Crippen molar-refractivity contribution in [3.05, 3.63) is 158 Å². The summed E-state index contributed by atoms with van der Waals surface area (Å²) in [4.78, 5) is 13.1. The fraction of sp³-hybridized carbons (Fsp3) is 0.649. The molecule has 0 radical (unpaired) electrons. The van der Waals surface area contributed by atoms with Gasteiger partial charge in [-0.1, -0.05) is 300 Å². The van der Waals surface area contributed by atoms with Crippen LogP contribution in [0, 0.1) is 0 Å². The lowest BCUT2D eigenvalue weighted by atomic mass is 9.99. The smallest absolute Gasteiger partial charge is 0.220 e. The Hall–Kier alpha value is -4.19. The Labute approximate surface area is 526 Å². The van der Waals surface area contributed by atoms with Crippen LogP contribution in [0.3, 0.4) is 0 Å². The molecule has 9 heteroatoms. The molecule has 1 saturated heterocycles.